The summed E-state index contributed by atoms with van der Waals surface area (Å²) in [6.45, 7) is 1.18. The lowest BCUT2D eigenvalue weighted by Crippen LogP contribution is -2.49. The number of hydrogen-bond acceptors (Lipinski definition) is 3. The second kappa shape index (κ2) is 7.19. The Morgan fingerprint density at radius 1 is 1.35 bits per heavy atom. The molecule has 0 radical (unpaired) electrons. The van der Waals surface area contributed by atoms with Gasteiger partial charge in [-0.25, -0.2) is 0 Å². The van der Waals surface area contributed by atoms with Crippen LogP contribution in [0.3, 0.4) is 0 Å². The van der Waals surface area contributed by atoms with Crippen molar-refractivity contribution in [3.8, 4) is 5.75 Å². The van der Waals surface area contributed by atoms with Crippen molar-refractivity contribution in [3.63, 3.8) is 0 Å². The molecule has 6 heteroatoms. The molecule has 0 saturated carbocycles. The average molecular weight is 286 g/mol. The summed E-state index contributed by atoms with van der Waals surface area (Å²) < 4.78 is 28.9. The Bertz CT molecular complexity index is 449. The molecule has 0 spiro atoms. The van der Waals surface area contributed by atoms with Crippen LogP contribution in [0, 0.1) is 0 Å². The lowest BCUT2D eigenvalue weighted by atomic mass is 9.94. The minimum absolute atomic E-state index is 0.0716. The first kappa shape index (κ1) is 16.4. The molecule has 0 aliphatic heterocycles. The van der Waals surface area contributed by atoms with Crippen molar-refractivity contribution in [1.82, 2.24) is 5.32 Å². The first-order valence-electron chi connectivity index (χ1n) is 6.52. The van der Waals surface area contributed by atoms with Crippen molar-refractivity contribution in [3.05, 3.63) is 29.8 Å². The molecule has 1 aromatic rings. The van der Waals surface area contributed by atoms with E-state index in [1.807, 2.05) is 13.8 Å². The number of para-hydroxylation sites is 1. The second-order valence-electron chi connectivity index (χ2n) is 4.63. The molecule has 0 aliphatic rings. The first-order chi connectivity index (χ1) is 9.41. The Morgan fingerprint density at radius 2 is 1.95 bits per heavy atom. The average Bonchev–Trinajstić information content (AvgIpc) is 2.44. The van der Waals surface area contributed by atoms with E-state index in [9.17, 15) is 13.6 Å². The lowest BCUT2D eigenvalue weighted by molar-refractivity contribution is -0.0501. The molecular formula is C14H20F2N2O2. The summed E-state index contributed by atoms with van der Waals surface area (Å²) in [5.41, 5.74) is 5.66. The maximum absolute atomic E-state index is 12.3. The van der Waals surface area contributed by atoms with Gasteiger partial charge in [0.2, 0.25) is 0 Å². The van der Waals surface area contributed by atoms with Crippen LogP contribution >= 0.6 is 0 Å². The van der Waals surface area contributed by atoms with Crippen molar-refractivity contribution >= 4 is 5.91 Å². The van der Waals surface area contributed by atoms with Crippen LogP contribution in [0.4, 0.5) is 8.78 Å². The van der Waals surface area contributed by atoms with Gasteiger partial charge >= 0.3 is 6.61 Å². The minimum atomic E-state index is -2.97. The Hall–Kier alpha value is -1.69. The fourth-order valence-electron chi connectivity index (χ4n) is 1.70. The van der Waals surface area contributed by atoms with Crippen LogP contribution in [0.1, 0.15) is 37.0 Å². The number of benzene rings is 1. The third-order valence-electron chi connectivity index (χ3n) is 3.36. The smallest absolute Gasteiger partial charge is 0.387 e. The molecule has 20 heavy (non-hydrogen) atoms. The van der Waals surface area contributed by atoms with Gasteiger partial charge in [0.25, 0.3) is 5.91 Å². The molecular weight excluding hydrogens is 266 g/mol. The van der Waals surface area contributed by atoms with Crippen molar-refractivity contribution in [2.45, 2.75) is 38.8 Å². The van der Waals surface area contributed by atoms with Crippen LogP contribution < -0.4 is 15.8 Å². The number of carbonyl (C=O) groups is 1. The molecule has 0 unspecified atom stereocenters. The summed E-state index contributed by atoms with van der Waals surface area (Å²) in [6, 6.07) is 5.88. The van der Waals surface area contributed by atoms with Crippen LogP contribution in [0.25, 0.3) is 0 Å². The van der Waals surface area contributed by atoms with Gasteiger partial charge < -0.3 is 15.8 Å². The maximum atomic E-state index is 12.3. The van der Waals surface area contributed by atoms with E-state index in [-0.39, 0.29) is 17.9 Å². The number of nitrogens with two attached hydrogens (primary N) is 1. The highest BCUT2D eigenvalue weighted by Gasteiger charge is 2.22. The molecule has 0 bridgehead atoms. The van der Waals surface area contributed by atoms with Gasteiger partial charge in [-0.3, -0.25) is 4.79 Å². The van der Waals surface area contributed by atoms with Gasteiger partial charge in [0.05, 0.1) is 5.56 Å². The summed E-state index contributed by atoms with van der Waals surface area (Å²) in [5.74, 6) is -0.617. The predicted molar refractivity (Wildman–Crippen MR) is 72.9 cm³/mol. The van der Waals surface area contributed by atoms with Crippen molar-refractivity contribution < 1.29 is 18.3 Å². The van der Waals surface area contributed by atoms with Crippen molar-refractivity contribution in [1.29, 1.82) is 0 Å². The number of carbonyl (C=O) groups excluding carboxylic acids is 1. The Labute approximate surface area is 117 Å². The van der Waals surface area contributed by atoms with Crippen LogP contribution in [0.5, 0.6) is 5.75 Å². The van der Waals surface area contributed by atoms with E-state index in [0.29, 0.717) is 12.8 Å². The van der Waals surface area contributed by atoms with E-state index in [1.165, 1.54) is 18.2 Å². The Balaban J connectivity index is 2.77. The minimum Gasteiger partial charge on any atom is -0.434 e. The molecule has 0 atom stereocenters. The molecule has 0 aromatic heterocycles. The summed E-state index contributed by atoms with van der Waals surface area (Å²) in [5, 5.41) is 2.67. The zero-order chi connectivity index (χ0) is 15.2. The van der Waals surface area contributed by atoms with E-state index in [2.05, 4.69) is 10.1 Å². The number of ether oxygens (including phenoxy) is 1. The van der Waals surface area contributed by atoms with Crippen LogP contribution in [-0.2, 0) is 0 Å². The standard InChI is InChI=1S/C14H20F2N2O2/c1-3-14(17,4-2)9-18-12(19)10-7-5-6-8-11(10)20-13(15)16/h5-8,13H,3-4,9,17H2,1-2H3,(H,18,19). The lowest BCUT2D eigenvalue weighted by Gasteiger charge is -2.27. The summed E-state index contributed by atoms with van der Waals surface area (Å²) in [4.78, 5) is 12.0. The molecule has 0 saturated heterocycles. The van der Waals surface area contributed by atoms with Gasteiger partial charge in [-0.15, -0.1) is 0 Å². The second-order valence-corrected chi connectivity index (χ2v) is 4.63. The highest BCUT2D eigenvalue weighted by molar-refractivity contribution is 5.96. The first-order valence-corrected chi connectivity index (χ1v) is 6.52. The van der Waals surface area contributed by atoms with Gasteiger partial charge in [-0.2, -0.15) is 8.78 Å². The van der Waals surface area contributed by atoms with Gasteiger partial charge in [-0.1, -0.05) is 26.0 Å². The molecule has 3 N–H and O–H groups in total. The molecule has 0 fully saturated rings. The van der Waals surface area contributed by atoms with E-state index in [1.54, 1.807) is 6.07 Å². The van der Waals surface area contributed by atoms with Crippen LogP contribution in [0.2, 0.25) is 0 Å². The molecule has 1 rings (SSSR count). The fraction of sp³-hybridized carbons (Fsp3) is 0.500. The van der Waals surface area contributed by atoms with Gasteiger partial charge in [0, 0.05) is 12.1 Å². The molecule has 0 heterocycles. The zero-order valence-corrected chi connectivity index (χ0v) is 11.7. The van der Waals surface area contributed by atoms with E-state index >= 15 is 0 Å². The summed E-state index contributed by atoms with van der Waals surface area (Å²) in [7, 11) is 0. The number of nitrogens with one attached hydrogen (secondary N) is 1. The Kier molecular flexibility index (Phi) is 5.88. The van der Waals surface area contributed by atoms with Gasteiger partial charge in [0.15, 0.2) is 0 Å². The molecule has 1 aromatic carbocycles. The topological polar surface area (TPSA) is 64.3 Å². The largest absolute Gasteiger partial charge is 0.434 e. The molecule has 0 aliphatic carbocycles. The zero-order valence-electron chi connectivity index (χ0n) is 11.7. The monoisotopic (exact) mass is 286 g/mol. The van der Waals surface area contributed by atoms with Gasteiger partial charge in [0.1, 0.15) is 5.75 Å². The number of amides is 1. The third-order valence-corrected chi connectivity index (χ3v) is 3.36. The normalized spacial score (nSPS) is 11.5. The third kappa shape index (κ3) is 4.45. The fourth-order valence-corrected chi connectivity index (χ4v) is 1.70. The van der Waals surface area contributed by atoms with Crippen molar-refractivity contribution in [2.75, 3.05) is 6.54 Å². The van der Waals surface area contributed by atoms with E-state index in [4.69, 9.17) is 5.73 Å². The van der Waals surface area contributed by atoms with Crippen molar-refractivity contribution in [2.24, 2.45) is 5.73 Å². The van der Waals surface area contributed by atoms with Crippen LogP contribution in [-0.4, -0.2) is 24.6 Å². The van der Waals surface area contributed by atoms with Crippen LogP contribution in [0.15, 0.2) is 24.3 Å². The number of alkyl halides is 2. The molecule has 4 nitrogen and oxygen atoms in total. The number of hydrogen-bond donors (Lipinski definition) is 2. The van der Waals surface area contributed by atoms with E-state index in [0.717, 1.165) is 0 Å². The SMILES string of the molecule is CCC(N)(CC)CNC(=O)c1ccccc1OC(F)F. The summed E-state index contributed by atoms with van der Waals surface area (Å²) >= 11 is 0. The number of halogens is 2. The Morgan fingerprint density at radius 3 is 2.50 bits per heavy atom. The molecule has 112 valence electrons. The van der Waals surface area contributed by atoms with E-state index < -0.39 is 18.1 Å². The predicted octanol–water partition coefficient (Wildman–Crippen LogP) is 2.54. The van der Waals surface area contributed by atoms with Gasteiger partial charge in [-0.05, 0) is 25.0 Å². The quantitative estimate of drug-likeness (QED) is 0.809. The summed E-state index contributed by atoms with van der Waals surface area (Å²) in [6.07, 6.45) is 1.41. The highest BCUT2D eigenvalue weighted by atomic mass is 19.3. The molecule has 1 amide bonds. The number of rotatable bonds is 7. The maximum Gasteiger partial charge on any atom is 0.387 e. The highest BCUT2D eigenvalue weighted by Crippen LogP contribution is 2.20.